The molecule has 2 aromatic carbocycles. The normalized spacial score (nSPS) is 14.2. The van der Waals surface area contributed by atoms with Crippen molar-refractivity contribution in [2.45, 2.75) is 12.6 Å². The van der Waals surface area contributed by atoms with Gasteiger partial charge in [0.1, 0.15) is 29.9 Å². The van der Waals surface area contributed by atoms with Crippen molar-refractivity contribution in [1.29, 1.82) is 0 Å². The van der Waals surface area contributed by atoms with Crippen LogP contribution >= 0.6 is 0 Å². The average Bonchev–Trinajstić information content (AvgIpc) is 3.25. The Bertz CT molecular complexity index is 1190. The van der Waals surface area contributed by atoms with Gasteiger partial charge in [0, 0.05) is 12.1 Å². The Labute approximate surface area is 187 Å². The standard InChI is InChI=1S/C23H22F3N3O4/c1-31-19-10-16(11-20(32-2)21(19)22(30)27-12-23(24,25)26)29-13-28-17-9-15(3-4-18(17)29)14-5-7-33-8-6-14/h3-5,9-11,13H,6-8,12H2,1-2H3,(H,27,30). The van der Waals surface area contributed by atoms with Gasteiger partial charge in [-0.1, -0.05) is 12.1 Å². The zero-order chi connectivity index (χ0) is 23.6. The number of fused-ring (bicyclic) bond motifs is 1. The molecular formula is C23H22F3N3O4. The third-order valence-corrected chi connectivity index (χ3v) is 5.33. The van der Waals surface area contributed by atoms with E-state index in [1.807, 2.05) is 23.5 Å². The van der Waals surface area contributed by atoms with E-state index in [0.717, 1.165) is 23.0 Å². The first-order chi connectivity index (χ1) is 15.8. The maximum absolute atomic E-state index is 12.5. The third-order valence-electron chi connectivity index (χ3n) is 5.33. The van der Waals surface area contributed by atoms with Crippen LogP contribution in [0.15, 0.2) is 42.7 Å². The number of carbonyl (C=O) groups excluding carboxylic acids is 1. The molecule has 4 rings (SSSR count). The lowest BCUT2D eigenvalue weighted by atomic mass is 10.0. The topological polar surface area (TPSA) is 74.6 Å². The van der Waals surface area contributed by atoms with Crippen LogP contribution in [0.4, 0.5) is 13.2 Å². The van der Waals surface area contributed by atoms with Crippen LogP contribution < -0.4 is 14.8 Å². The quantitative estimate of drug-likeness (QED) is 0.597. The van der Waals surface area contributed by atoms with E-state index in [2.05, 4.69) is 11.1 Å². The van der Waals surface area contributed by atoms with Gasteiger partial charge in [0.2, 0.25) is 0 Å². The maximum atomic E-state index is 12.5. The number of halogens is 3. The number of imidazole rings is 1. The van der Waals surface area contributed by atoms with Crippen LogP contribution in [-0.2, 0) is 4.74 Å². The zero-order valence-corrected chi connectivity index (χ0v) is 18.0. The van der Waals surface area contributed by atoms with E-state index in [1.165, 1.54) is 19.8 Å². The molecule has 0 radical (unpaired) electrons. The van der Waals surface area contributed by atoms with Gasteiger partial charge in [0.15, 0.2) is 0 Å². The monoisotopic (exact) mass is 461 g/mol. The van der Waals surface area contributed by atoms with Crippen LogP contribution in [0.3, 0.4) is 0 Å². The van der Waals surface area contributed by atoms with E-state index in [1.54, 1.807) is 23.0 Å². The Morgan fingerprint density at radius 2 is 1.91 bits per heavy atom. The summed E-state index contributed by atoms with van der Waals surface area (Å²) in [6.45, 7) is -0.192. The van der Waals surface area contributed by atoms with Crippen molar-refractivity contribution in [1.82, 2.24) is 14.9 Å². The SMILES string of the molecule is COc1cc(-n2cnc3cc(C4=CCOCC4)ccc32)cc(OC)c1C(=O)NCC(F)(F)F. The molecule has 7 nitrogen and oxygen atoms in total. The highest BCUT2D eigenvalue weighted by Crippen LogP contribution is 2.34. The lowest BCUT2D eigenvalue weighted by Crippen LogP contribution is -2.34. The van der Waals surface area contributed by atoms with Crippen molar-refractivity contribution >= 4 is 22.5 Å². The van der Waals surface area contributed by atoms with Crippen molar-refractivity contribution < 1.29 is 32.2 Å². The molecule has 1 amide bonds. The fourth-order valence-electron chi connectivity index (χ4n) is 3.74. The summed E-state index contributed by atoms with van der Waals surface area (Å²) in [5, 5.41) is 1.85. The molecule has 0 aliphatic carbocycles. The van der Waals surface area contributed by atoms with Crippen LogP contribution in [0.1, 0.15) is 22.3 Å². The number of carbonyl (C=O) groups is 1. The number of alkyl halides is 3. The van der Waals surface area contributed by atoms with Gasteiger partial charge in [-0.05, 0) is 29.7 Å². The number of nitrogens with one attached hydrogen (secondary N) is 1. The zero-order valence-electron chi connectivity index (χ0n) is 18.0. The predicted octanol–water partition coefficient (Wildman–Crippen LogP) is 4.14. The molecule has 1 aliphatic rings. The van der Waals surface area contributed by atoms with Crippen LogP contribution in [0.5, 0.6) is 11.5 Å². The minimum absolute atomic E-state index is 0.0786. The molecule has 0 saturated carbocycles. The van der Waals surface area contributed by atoms with Crippen LogP contribution in [0.25, 0.3) is 22.3 Å². The molecule has 0 spiro atoms. The van der Waals surface area contributed by atoms with Gasteiger partial charge in [-0.25, -0.2) is 4.98 Å². The van der Waals surface area contributed by atoms with Crippen LogP contribution in [0.2, 0.25) is 0 Å². The number of rotatable bonds is 6. The number of ether oxygens (including phenoxy) is 3. The second-order valence-electron chi connectivity index (χ2n) is 7.40. The number of amides is 1. The van der Waals surface area contributed by atoms with Crippen LogP contribution in [-0.4, -0.2) is 55.6 Å². The number of benzene rings is 2. The molecule has 0 unspecified atom stereocenters. The van der Waals surface area contributed by atoms with Gasteiger partial charge in [0.05, 0.1) is 44.2 Å². The summed E-state index contributed by atoms with van der Waals surface area (Å²) in [4.78, 5) is 16.9. The van der Waals surface area contributed by atoms with E-state index in [9.17, 15) is 18.0 Å². The molecule has 33 heavy (non-hydrogen) atoms. The molecule has 0 fully saturated rings. The second-order valence-corrected chi connectivity index (χ2v) is 7.40. The number of hydrogen-bond donors (Lipinski definition) is 1. The van der Waals surface area contributed by atoms with Crippen molar-refractivity contribution in [3.05, 3.63) is 53.9 Å². The Hall–Kier alpha value is -3.53. The van der Waals surface area contributed by atoms with E-state index >= 15 is 0 Å². The molecule has 0 bridgehead atoms. The van der Waals surface area contributed by atoms with Gasteiger partial charge in [-0.15, -0.1) is 0 Å². The van der Waals surface area contributed by atoms with Gasteiger partial charge >= 0.3 is 6.18 Å². The van der Waals surface area contributed by atoms with Gasteiger partial charge in [-0.3, -0.25) is 9.36 Å². The van der Waals surface area contributed by atoms with Crippen molar-refractivity contribution in [3.8, 4) is 17.2 Å². The fraction of sp³-hybridized carbons (Fsp3) is 0.304. The molecule has 1 aromatic heterocycles. The molecule has 2 heterocycles. The first-order valence-corrected chi connectivity index (χ1v) is 10.2. The lowest BCUT2D eigenvalue weighted by Gasteiger charge is -2.17. The van der Waals surface area contributed by atoms with Crippen molar-refractivity contribution in [2.75, 3.05) is 34.0 Å². The summed E-state index contributed by atoms with van der Waals surface area (Å²) in [5.41, 5.74) is 4.32. The summed E-state index contributed by atoms with van der Waals surface area (Å²) >= 11 is 0. The first kappa shape index (κ1) is 22.7. The highest BCUT2D eigenvalue weighted by Gasteiger charge is 2.30. The Morgan fingerprint density at radius 1 is 1.18 bits per heavy atom. The molecule has 1 aliphatic heterocycles. The number of aromatic nitrogens is 2. The third kappa shape index (κ3) is 4.80. The Balaban J connectivity index is 1.71. The summed E-state index contributed by atoms with van der Waals surface area (Å²) < 4.78 is 55.4. The molecule has 10 heteroatoms. The summed E-state index contributed by atoms with van der Waals surface area (Å²) in [7, 11) is 2.66. The largest absolute Gasteiger partial charge is 0.496 e. The lowest BCUT2D eigenvalue weighted by molar-refractivity contribution is -0.123. The molecule has 1 N–H and O–H groups in total. The minimum Gasteiger partial charge on any atom is -0.496 e. The van der Waals surface area contributed by atoms with E-state index in [-0.39, 0.29) is 17.1 Å². The van der Waals surface area contributed by atoms with Crippen molar-refractivity contribution in [3.63, 3.8) is 0 Å². The maximum Gasteiger partial charge on any atom is 0.405 e. The van der Waals surface area contributed by atoms with Gasteiger partial charge < -0.3 is 19.5 Å². The summed E-state index contributed by atoms with van der Waals surface area (Å²) in [5.74, 6) is -0.790. The van der Waals surface area contributed by atoms with E-state index < -0.39 is 18.6 Å². The highest BCUT2D eigenvalue weighted by molar-refractivity contribution is 6.00. The molecule has 3 aromatic rings. The summed E-state index contributed by atoms with van der Waals surface area (Å²) in [6.07, 6.45) is -0.0197. The average molecular weight is 461 g/mol. The molecular weight excluding hydrogens is 439 g/mol. The van der Waals surface area contributed by atoms with Crippen molar-refractivity contribution in [2.24, 2.45) is 0 Å². The van der Waals surface area contributed by atoms with E-state index in [0.29, 0.717) is 18.9 Å². The number of methoxy groups -OCH3 is 2. The molecule has 0 saturated heterocycles. The highest BCUT2D eigenvalue weighted by atomic mass is 19.4. The van der Waals surface area contributed by atoms with E-state index in [4.69, 9.17) is 14.2 Å². The number of hydrogen-bond acceptors (Lipinski definition) is 5. The molecule has 174 valence electrons. The fourth-order valence-corrected chi connectivity index (χ4v) is 3.74. The summed E-state index contributed by atoms with van der Waals surface area (Å²) in [6, 6.07) is 9.06. The predicted molar refractivity (Wildman–Crippen MR) is 116 cm³/mol. The second kappa shape index (κ2) is 9.14. The Kier molecular flexibility index (Phi) is 6.28. The molecule has 0 atom stereocenters. The first-order valence-electron chi connectivity index (χ1n) is 10.2. The minimum atomic E-state index is -4.54. The van der Waals surface area contributed by atoms with Gasteiger partial charge in [-0.2, -0.15) is 13.2 Å². The Morgan fingerprint density at radius 3 is 2.52 bits per heavy atom. The number of nitrogens with zero attached hydrogens (tertiary/aromatic N) is 2. The van der Waals surface area contributed by atoms with Gasteiger partial charge in [0.25, 0.3) is 5.91 Å². The van der Waals surface area contributed by atoms with Crippen LogP contribution in [0, 0.1) is 0 Å². The smallest absolute Gasteiger partial charge is 0.405 e.